The van der Waals surface area contributed by atoms with Crippen LogP contribution in [-0.2, 0) is 6.42 Å². The molecule has 0 fully saturated rings. The molecule has 0 saturated heterocycles. The van der Waals surface area contributed by atoms with E-state index in [0.29, 0.717) is 5.65 Å². The fourth-order valence-electron chi connectivity index (χ4n) is 2.75. The molecule has 5 heteroatoms. The number of nitrogens with zero attached hydrogens (tertiary/aromatic N) is 4. The van der Waals surface area contributed by atoms with Gasteiger partial charge in [0.2, 0.25) is 0 Å². The summed E-state index contributed by atoms with van der Waals surface area (Å²) in [6.45, 7) is 2.09. The highest BCUT2D eigenvalue weighted by Crippen LogP contribution is 2.25. The van der Waals surface area contributed by atoms with Crippen LogP contribution in [0.5, 0.6) is 6.01 Å². The van der Waals surface area contributed by atoms with Crippen LogP contribution in [0.15, 0.2) is 61.1 Å². The predicted molar refractivity (Wildman–Crippen MR) is 91.9 cm³/mol. The van der Waals surface area contributed by atoms with Crippen molar-refractivity contribution in [3.63, 3.8) is 0 Å². The lowest BCUT2D eigenvalue weighted by Crippen LogP contribution is -1.93. The fraction of sp³-hybridized carbons (Fsp3) is 0.105. The average molecular weight is 316 g/mol. The summed E-state index contributed by atoms with van der Waals surface area (Å²) < 4.78 is 1.33. The van der Waals surface area contributed by atoms with Crippen molar-refractivity contribution in [1.82, 2.24) is 19.6 Å². The van der Waals surface area contributed by atoms with Crippen molar-refractivity contribution in [2.24, 2.45) is 0 Å². The first kappa shape index (κ1) is 14.4. The Balaban J connectivity index is 1.63. The SMILES string of the molecule is Cc1ccc(Cc2ccc(-c3cnn4c(O)ncnc34)cc2)cc1. The molecule has 0 unspecified atom stereocenters. The predicted octanol–water partition coefficient (Wildman–Crippen LogP) is 3.40. The van der Waals surface area contributed by atoms with Gasteiger partial charge in [-0.3, -0.25) is 0 Å². The summed E-state index contributed by atoms with van der Waals surface area (Å²) in [6, 6.07) is 16.8. The Morgan fingerprint density at radius 1 is 0.917 bits per heavy atom. The maximum absolute atomic E-state index is 9.71. The molecule has 0 radical (unpaired) electrons. The van der Waals surface area contributed by atoms with E-state index in [4.69, 9.17) is 0 Å². The molecule has 1 N–H and O–H groups in total. The highest BCUT2D eigenvalue weighted by molar-refractivity contribution is 5.77. The second-order valence-corrected chi connectivity index (χ2v) is 5.83. The van der Waals surface area contributed by atoms with E-state index in [2.05, 4.69) is 70.5 Å². The van der Waals surface area contributed by atoms with Crippen molar-refractivity contribution in [3.8, 4) is 17.1 Å². The summed E-state index contributed by atoms with van der Waals surface area (Å²) in [7, 11) is 0. The molecular weight excluding hydrogens is 300 g/mol. The first-order valence-corrected chi connectivity index (χ1v) is 7.73. The van der Waals surface area contributed by atoms with Gasteiger partial charge in [0.25, 0.3) is 0 Å². The van der Waals surface area contributed by atoms with E-state index in [1.165, 1.54) is 27.5 Å². The molecule has 2 aromatic heterocycles. The second-order valence-electron chi connectivity index (χ2n) is 5.83. The molecule has 118 valence electrons. The molecule has 0 atom stereocenters. The van der Waals surface area contributed by atoms with Crippen LogP contribution in [0.1, 0.15) is 16.7 Å². The molecule has 0 amide bonds. The van der Waals surface area contributed by atoms with Gasteiger partial charge in [0.1, 0.15) is 6.33 Å². The van der Waals surface area contributed by atoms with Crippen molar-refractivity contribution in [1.29, 1.82) is 0 Å². The van der Waals surface area contributed by atoms with Gasteiger partial charge in [-0.05, 0) is 30.0 Å². The van der Waals surface area contributed by atoms with Gasteiger partial charge < -0.3 is 5.11 Å². The van der Waals surface area contributed by atoms with Crippen LogP contribution in [0.3, 0.4) is 0 Å². The first-order valence-electron chi connectivity index (χ1n) is 7.73. The van der Waals surface area contributed by atoms with E-state index in [-0.39, 0.29) is 6.01 Å². The molecule has 0 aliphatic carbocycles. The van der Waals surface area contributed by atoms with Crippen molar-refractivity contribution < 1.29 is 5.11 Å². The van der Waals surface area contributed by atoms with Crippen LogP contribution in [-0.4, -0.2) is 24.7 Å². The Hall–Kier alpha value is -3.21. The third-order valence-electron chi connectivity index (χ3n) is 4.08. The molecule has 0 saturated carbocycles. The monoisotopic (exact) mass is 316 g/mol. The maximum atomic E-state index is 9.71. The number of fused-ring (bicyclic) bond motifs is 1. The van der Waals surface area contributed by atoms with E-state index in [9.17, 15) is 5.11 Å². The lowest BCUT2D eigenvalue weighted by molar-refractivity contribution is 0.411. The zero-order chi connectivity index (χ0) is 16.5. The molecule has 4 aromatic rings. The van der Waals surface area contributed by atoms with E-state index in [1.807, 2.05) is 0 Å². The summed E-state index contributed by atoms with van der Waals surface area (Å²) in [5, 5.41) is 13.8. The minimum absolute atomic E-state index is 0.165. The normalized spacial score (nSPS) is 11.0. The summed E-state index contributed by atoms with van der Waals surface area (Å²) in [5.41, 5.74) is 6.28. The van der Waals surface area contributed by atoms with Crippen LogP contribution in [0.2, 0.25) is 0 Å². The maximum Gasteiger partial charge on any atom is 0.318 e. The molecule has 0 aliphatic heterocycles. The molecule has 2 aromatic carbocycles. The standard InChI is InChI=1S/C19H16N4O/c1-13-2-4-14(5-3-13)10-15-6-8-16(9-7-15)17-11-22-23-18(17)20-12-21-19(23)24/h2-9,11-12H,10H2,1H3,(H,20,21,24). The van der Waals surface area contributed by atoms with Crippen molar-refractivity contribution >= 4 is 5.65 Å². The van der Waals surface area contributed by atoms with Crippen molar-refractivity contribution in [3.05, 3.63) is 77.7 Å². The van der Waals surface area contributed by atoms with Crippen molar-refractivity contribution in [2.45, 2.75) is 13.3 Å². The van der Waals surface area contributed by atoms with E-state index in [1.54, 1.807) is 6.20 Å². The topological polar surface area (TPSA) is 63.3 Å². The van der Waals surface area contributed by atoms with Crippen LogP contribution >= 0.6 is 0 Å². The Morgan fingerprint density at radius 3 is 2.29 bits per heavy atom. The third kappa shape index (κ3) is 2.60. The number of aryl methyl sites for hydroxylation is 1. The minimum Gasteiger partial charge on any atom is -0.479 e. The Bertz CT molecular complexity index is 988. The fourth-order valence-corrected chi connectivity index (χ4v) is 2.75. The smallest absolute Gasteiger partial charge is 0.318 e. The number of aromatic nitrogens is 4. The number of benzene rings is 2. The second kappa shape index (κ2) is 5.77. The van der Waals surface area contributed by atoms with E-state index < -0.39 is 0 Å². The van der Waals surface area contributed by atoms with Gasteiger partial charge in [-0.25, -0.2) is 4.98 Å². The van der Waals surface area contributed by atoms with Crippen molar-refractivity contribution in [2.75, 3.05) is 0 Å². The molecule has 0 spiro atoms. The van der Waals surface area contributed by atoms with Crippen LogP contribution in [0, 0.1) is 6.92 Å². The van der Waals surface area contributed by atoms with Gasteiger partial charge in [0, 0.05) is 5.56 Å². The molecule has 2 heterocycles. The number of rotatable bonds is 3. The van der Waals surface area contributed by atoms with Gasteiger partial charge in [0.15, 0.2) is 5.65 Å². The zero-order valence-corrected chi connectivity index (χ0v) is 13.2. The van der Waals surface area contributed by atoms with Gasteiger partial charge in [0.05, 0.1) is 6.20 Å². The largest absolute Gasteiger partial charge is 0.479 e. The molecule has 24 heavy (non-hydrogen) atoms. The van der Waals surface area contributed by atoms with Gasteiger partial charge >= 0.3 is 6.01 Å². The van der Waals surface area contributed by atoms with Gasteiger partial charge in [-0.2, -0.15) is 14.6 Å². The molecule has 0 aliphatic rings. The van der Waals surface area contributed by atoms with E-state index in [0.717, 1.165) is 17.5 Å². The zero-order valence-electron chi connectivity index (χ0n) is 13.2. The Labute approximate surface area is 139 Å². The number of hydrogen-bond acceptors (Lipinski definition) is 4. The number of hydrogen-bond donors (Lipinski definition) is 1. The molecule has 0 bridgehead atoms. The Morgan fingerprint density at radius 2 is 1.58 bits per heavy atom. The number of aromatic hydroxyl groups is 1. The molecule has 5 nitrogen and oxygen atoms in total. The minimum atomic E-state index is -0.165. The van der Waals surface area contributed by atoms with Gasteiger partial charge in [-0.1, -0.05) is 54.1 Å². The lowest BCUT2D eigenvalue weighted by Gasteiger charge is -2.04. The summed E-state index contributed by atoms with van der Waals surface area (Å²) in [5.74, 6) is 0. The molecular formula is C19H16N4O. The van der Waals surface area contributed by atoms with Crippen LogP contribution < -0.4 is 0 Å². The quantitative estimate of drug-likeness (QED) is 0.629. The highest BCUT2D eigenvalue weighted by atomic mass is 16.3. The Kier molecular flexibility index (Phi) is 3.46. The third-order valence-corrected chi connectivity index (χ3v) is 4.08. The van der Waals surface area contributed by atoms with E-state index >= 15 is 0 Å². The summed E-state index contributed by atoms with van der Waals surface area (Å²) >= 11 is 0. The highest BCUT2D eigenvalue weighted by Gasteiger charge is 2.10. The molecule has 4 rings (SSSR count). The van der Waals surface area contributed by atoms with Gasteiger partial charge in [-0.15, -0.1) is 0 Å². The lowest BCUT2D eigenvalue weighted by atomic mass is 10.0. The summed E-state index contributed by atoms with van der Waals surface area (Å²) in [4.78, 5) is 7.93. The first-order chi connectivity index (χ1) is 11.7. The average Bonchev–Trinajstić information content (AvgIpc) is 3.03. The van der Waals surface area contributed by atoms with Crippen LogP contribution in [0.25, 0.3) is 16.8 Å². The summed E-state index contributed by atoms with van der Waals surface area (Å²) in [6.07, 6.45) is 3.93. The van der Waals surface area contributed by atoms with Crippen LogP contribution in [0.4, 0.5) is 0 Å².